The molecule has 0 fully saturated rings. The molecule has 3 rings (SSSR count). The third-order valence-corrected chi connectivity index (χ3v) is 9.89. The number of rotatable bonds is 12. The van der Waals surface area contributed by atoms with Gasteiger partial charge in [-0.3, -0.25) is 13.9 Å². The van der Waals surface area contributed by atoms with E-state index in [1.54, 1.807) is 61.5 Å². The molecule has 11 heteroatoms. The lowest BCUT2D eigenvalue weighted by Crippen LogP contribution is -2.52. The van der Waals surface area contributed by atoms with Gasteiger partial charge in [-0.15, -0.1) is 11.8 Å². The third-order valence-electron chi connectivity index (χ3n) is 6.77. The fourth-order valence-corrected chi connectivity index (χ4v) is 6.29. The maximum absolute atomic E-state index is 14.0. The lowest BCUT2D eigenvalue weighted by Gasteiger charge is -2.32. The molecular formula is C30H35Cl2N3O4S2. The molecule has 41 heavy (non-hydrogen) atoms. The smallest absolute Gasteiger partial charge is 0.264 e. The highest BCUT2D eigenvalue weighted by molar-refractivity contribution is 7.98. The number of benzene rings is 3. The summed E-state index contributed by atoms with van der Waals surface area (Å²) in [4.78, 5) is 29.5. The highest BCUT2D eigenvalue weighted by Crippen LogP contribution is 2.28. The SMILES string of the molecule is CC[C@H](C)NC(=O)[C@H](C)N(Cc1ccc(Cl)cc1Cl)C(=O)CN(c1ccc(C)cc1)S(=O)(=O)c1ccc(SC)cc1. The molecule has 0 unspecified atom stereocenters. The monoisotopic (exact) mass is 635 g/mol. The first kappa shape index (κ1) is 32.8. The Morgan fingerprint density at radius 3 is 2.17 bits per heavy atom. The van der Waals surface area contributed by atoms with Crippen LogP contribution in [0.2, 0.25) is 10.0 Å². The van der Waals surface area contributed by atoms with Gasteiger partial charge in [-0.25, -0.2) is 8.42 Å². The van der Waals surface area contributed by atoms with E-state index in [1.807, 2.05) is 27.0 Å². The van der Waals surface area contributed by atoms with Crippen LogP contribution in [0.3, 0.4) is 0 Å². The number of anilines is 1. The van der Waals surface area contributed by atoms with Gasteiger partial charge >= 0.3 is 0 Å². The number of hydrogen-bond donors (Lipinski definition) is 1. The van der Waals surface area contributed by atoms with Crippen LogP contribution in [0.15, 0.2) is 76.5 Å². The summed E-state index contributed by atoms with van der Waals surface area (Å²) < 4.78 is 29.0. The molecule has 3 aromatic rings. The quantitative estimate of drug-likeness (QED) is 0.228. The van der Waals surface area contributed by atoms with E-state index >= 15 is 0 Å². The maximum atomic E-state index is 14.0. The minimum Gasteiger partial charge on any atom is -0.352 e. The van der Waals surface area contributed by atoms with E-state index < -0.39 is 28.5 Å². The van der Waals surface area contributed by atoms with Crippen molar-refractivity contribution in [3.05, 3.63) is 87.9 Å². The van der Waals surface area contributed by atoms with Gasteiger partial charge in [0.15, 0.2) is 0 Å². The van der Waals surface area contributed by atoms with Crippen LogP contribution in [0.25, 0.3) is 0 Å². The molecule has 0 aliphatic heterocycles. The van der Waals surface area contributed by atoms with Gasteiger partial charge in [0.1, 0.15) is 12.6 Å². The zero-order valence-electron chi connectivity index (χ0n) is 23.7. The summed E-state index contributed by atoms with van der Waals surface area (Å²) in [5.41, 5.74) is 1.85. The van der Waals surface area contributed by atoms with E-state index in [-0.39, 0.29) is 23.4 Å². The van der Waals surface area contributed by atoms with Gasteiger partial charge in [-0.2, -0.15) is 0 Å². The molecule has 0 heterocycles. The predicted molar refractivity (Wildman–Crippen MR) is 168 cm³/mol. The number of amides is 2. The van der Waals surface area contributed by atoms with E-state index in [0.29, 0.717) is 27.7 Å². The topological polar surface area (TPSA) is 86.8 Å². The molecule has 2 atom stereocenters. The number of sulfonamides is 1. The van der Waals surface area contributed by atoms with Crippen molar-refractivity contribution < 1.29 is 18.0 Å². The average molecular weight is 637 g/mol. The molecule has 0 aliphatic carbocycles. The van der Waals surface area contributed by atoms with Gasteiger partial charge < -0.3 is 10.2 Å². The molecule has 2 amide bonds. The van der Waals surface area contributed by atoms with Gasteiger partial charge in [0, 0.05) is 27.5 Å². The summed E-state index contributed by atoms with van der Waals surface area (Å²) in [6.45, 7) is 6.79. The Bertz CT molecular complexity index is 1470. The second-order valence-corrected chi connectivity index (χ2v) is 13.4. The van der Waals surface area contributed by atoms with Crippen LogP contribution < -0.4 is 9.62 Å². The summed E-state index contributed by atoms with van der Waals surface area (Å²) in [6.07, 6.45) is 2.62. The van der Waals surface area contributed by atoms with Crippen molar-refractivity contribution in [3.8, 4) is 0 Å². The minimum absolute atomic E-state index is 0.0197. The van der Waals surface area contributed by atoms with Crippen molar-refractivity contribution in [1.29, 1.82) is 0 Å². The molecule has 0 aromatic heterocycles. The third kappa shape index (κ3) is 8.41. The second-order valence-electron chi connectivity index (χ2n) is 9.77. The molecule has 0 saturated heterocycles. The first-order valence-corrected chi connectivity index (χ1v) is 16.6. The molecule has 0 saturated carbocycles. The van der Waals surface area contributed by atoms with Crippen molar-refractivity contribution in [2.45, 2.75) is 62.5 Å². The van der Waals surface area contributed by atoms with Gasteiger partial charge in [0.05, 0.1) is 10.6 Å². The number of halogens is 2. The van der Waals surface area contributed by atoms with Crippen molar-refractivity contribution in [2.75, 3.05) is 17.1 Å². The van der Waals surface area contributed by atoms with Crippen molar-refractivity contribution in [3.63, 3.8) is 0 Å². The first-order valence-electron chi connectivity index (χ1n) is 13.1. The molecule has 220 valence electrons. The van der Waals surface area contributed by atoms with Crippen LogP contribution >= 0.6 is 35.0 Å². The maximum Gasteiger partial charge on any atom is 0.264 e. The van der Waals surface area contributed by atoms with Crippen LogP contribution in [-0.2, 0) is 26.2 Å². The number of nitrogens with one attached hydrogen (secondary N) is 1. The molecule has 0 radical (unpaired) electrons. The van der Waals surface area contributed by atoms with Crippen LogP contribution in [0.4, 0.5) is 5.69 Å². The fraction of sp³-hybridized carbons (Fsp3) is 0.333. The Morgan fingerprint density at radius 2 is 1.61 bits per heavy atom. The molecule has 0 spiro atoms. The molecule has 0 aliphatic rings. The van der Waals surface area contributed by atoms with Crippen LogP contribution in [0.5, 0.6) is 0 Å². The minimum atomic E-state index is -4.14. The van der Waals surface area contributed by atoms with Crippen LogP contribution in [-0.4, -0.2) is 50.0 Å². The normalized spacial score (nSPS) is 12.9. The number of hydrogen-bond acceptors (Lipinski definition) is 5. The Balaban J connectivity index is 2.04. The average Bonchev–Trinajstić information content (AvgIpc) is 2.95. The van der Waals surface area contributed by atoms with Gasteiger partial charge in [-0.1, -0.05) is 53.9 Å². The number of carbonyl (C=O) groups is 2. The van der Waals surface area contributed by atoms with Crippen molar-refractivity contribution in [2.24, 2.45) is 0 Å². The lowest BCUT2D eigenvalue weighted by molar-refractivity contribution is -0.139. The Labute approximate surface area is 257 Å². The molecule has 0 bridgehead atoms. The van der Waals surface area contributed by atoms with E-state index in [4.69, 9.17) is 23.2 Å². The zero-order chi connectivity index (χ0) is 30.3. The highest BCUT2D eigenvalue weighted by Gasteiger charge is 2.33. The van der Waals surface area contributed by atoms with Gasteiger partial charge in [0.25, 0.3) is 10.0 Å². The Morgan fingerprint density at radius 1 is 0.976 bits per heavy atom. The van der Waals surface area contributed by atoms with E-state index in [0.717, 1.165) is 14.8 Å². The van der Waals surface area contributed by atoms with E-state index in [1.165, 1.54) is 28.8 Å². The Hall–Kier alpha value is -2.72. The summed E-state index contributed by atoms with van der Waals surface area (Å²) in [5, 5.41) is 3.68. The van der Waals surface area contributed by atoms with E-state index in [9.17, 15) is 18.0 Å². The predicted octanol–water partition coefficient (Wildman–Crippen LogP) is 6.55. The largest absolute Gasteiger partial charge is 0.352 e. The van der Waals surface area contributed by atoms with E-state index in [2.05, 4.69) is 5.32 Å². The van der Waals surface area contributed by atoms with Crippen LogP contribution in [0.1, 0.15) is 38.3 Å². The molecule has 1 N–H and O–H groups in total. The fourth-order valence-electron chi connectivity index (χ4n) is 4.00. The van der Waals surface area contributed by atoms with Gasteiger partial charge in [-0.05, 0) is 87.5 Å². The summed E-state index contributed by atoms with van der Waals surface area (Å²) in [6, 6.07) is 17.3. The summed E-state index contributed by atoms with van der Waals surface area (Å²) in [7, 11) is -4.14. The van der Waals surface area contributed by atoms with Crippen LogP contribution in [0, 0.1) is 6.92 Å². The number of carbonyl (C=O) groups excluding carboxylic acids is 2. The zero-order valence-corrected chi connectivity index (χ0v) is 26.9. The molecule has 7 nitrogen and oxygen atoms in total. The molecular weight excluding hydrogens is 601 g/mol. The summed E-state index contributed by atoms with van der Waals surface area (Å²) in [5.74, 6) is -0.914. The number of aryl methyl sites for hydroxylation is 1. The molecule has 3 aromatic carbocycles. The Kier molecular flexibility index (Phi) is 11.6. The first-order chi connectivity index (χ1) is 19.4. The van der Waals surface area contributed by atoms with Crippen molar-refractivity contribution in [1.82, 2.24) is 10.2 Å². The second kappa shape index (κ2) is 14.4. The number of nitrogens with zero attached hydrogens (tertiary/aromatic N) is 2. The standard InChI is InChI=1S/C30H35Cl2N3O4S2/c1-6-21(3)33-30(37)22(4)34(18-23-9-10-24(31)17-28(23)32)29(36)19-35(25-11-7-20(2)8-12-25)41(38,39)27-15-13-26(40-5)14-16-27/h7-17,21-22H,6,18-19H2,1-5H3,(H,33,37)/t21-,22-/m0/s1. The summed E-state index contributed by atoms with van der Waals surface area (Å²) >= 11 is 14.0. The van der Waals surface area contributed by atoms with Gasteiger partial charge in [0.2, 0.25) is 11.8 Å². The van der Waals surface area contributed by atoms with Crippen molar-refractivity contribution >= 4 is 62.5 Å². The highest BCUT2D eigenvalue weighted by atomic mass is 35.5. The number of thioether (sulfide) groups is 1. The lowest BCUT2D eigenvalue weighted by atomic mass is 10.1.